The van der Waals surface area contributed by atoms with Gasteiger partial charge in [-0.15, -0.1) is 0 Å². The van der Waals surface area contributed by atoms with Crippen LogP contribution in [0.2, 0.25) is 0 Å². The van der Waals surface area contributed by atoms with Crippen molar-refractivity contribution in [3.05, 3.63) is 59.1 Å². The maximum atomic E-state index is 13.2. The lowest BCUT2D eigenvalue weighted by Gasteiger charge is -2.36. The molecule has 0 saturated carbocycles. The Bertz CT molecular complexity index is 1090. The zero-order valence-electron chi connectivity index (χ0n) is 15.8. The lowest BCUT2D eigenvalue weighted by Crippen LogP contribution is -2.48. The Balaban J connectivity index is 1.58. The third-order valence-corrected chi connectivity index (χ3v) is 5.94. The van der Waals surface area contributed by atoms with Gasteiger partial charge in [0, 0.05) is 41.2 Å². The highest BCUT2D eigenvalue weighted by Crippen LogP contribution is 2.43. The van der Waals surface area contributed by atoms with Crippen molar-refractivity contribution >= 4 is 39.2 Å². The van der Waals surface area contributed by atoms with Crippen molar-refractivity contribution in [1.29, 1.82) is 0 Å². The summed E-state index contributed by atoms with van der Waals surface area (Å²) in [6, 6.07) is 9.55. The number of carbonyl (C=O) groups is 1. The Morgan fingerprint density at radius 2 is 2.17 bits per heavy atom. The third kappa shape index (κ3) is 3.23. The molecule has 3 aromatic rings. The zero-order chi connectivity index (χ0) is 20.0. The van der Waals surface area contributed by atoms with E-state index in [4.69, 9.17) is 4.98 Å². The lowest BCUT2D eigenvalue weighted by molar-refractivity contribution is 0.255. The van der Waals surface area contributed by atoms with Gasteiger partial charge in [0.1, 0.15) is 0 Å². The van der Waals surface area contributed by atoms with Crippen LogP contribution in [0.5, 0.6) is 0 Å². The summed E-state index contributed by atoms with van der Waals surface area (Å²) in [5.41, 5.74) is 4.33. The topological polar surface area (TPSA) is 74.2 Å². The normalized spacial score (nSPS) is 17.2. The molecule has 5 rings (SSSR count). The van der Waals surface area contributed by atoms with Crippen LogP contribution in [0.3, 0.4) is 0 Å². The summed E-state index contributed by atoms with van der Waals surface area (Å²) in [5, 5.41) is 2.96. The van der Waals surface area contributed by atoms with Crippen LogP contribution < -0.4 is 15.1 Å². The molecule has 0 spiro atoms. The van der Waals surface area contributed by atoms with E-state index >= 15 is 0 Å². The number of nitrogens with one attached hydrogen (secondary N) is 1. The number of fused-ring (bicyclic) bond motifs is 4. The van der Waals surface area contributed by atoms with E-state index in [9.17, 15) is 4.79 Å². The number of hydrogen-bond acceptors (Lipinski definition) is 5. The molecule has 0 aliphatic carbocycles. The average Bonchev–Trinajstić information content (AvgIpc) is 3.14. The summed E-state index contributed by atoms with van der Waals surface area (Å²) in [6.07, 6.45) is 6.02. The summed E-state index contributed by atoms with van der Waals surface area (Å²) in [4.78, 5) is 30.6. The smallest absolute Gasteiger partial charge is 0.327 e. The van der Waals surface area contributed by atoms with Gasteiger partial charge in [0.15, 0.2) is 5.82 Å². The second-order valence-corrected chi connectivity index (χ2v) is 8.13. The van der Waals surface area contributed by atoms with Gasteiger partial charge in [0.05, 0.1) is 29.3 Å². The van der Waals surface area contributed by atoms with E-state index in [1.54, 1.807) is 29.6 Å². The molecule has 5 heterocycles. The fourth-order valence-electron chi connectivity index (χ4n) is 4.00. The molecular weight excluding hydrogens is 432 g/mol. The minimum Gasteiger partial charge on any atom is -0.366 e. The van der Waals surface area contributed by atoms with E-state index in [-0.39, 0.29) is 12.1 Å². The van der Waals surface area contributed by atoms with E-state index in [1.165, 1.54) is 0 Å². The zero-order valence-corrected chi connectivity index (χ0v) is 17.4. The van der Waals surface area contributed by atoms with E-state index in [2.05, 4.69) is 42.2 Å². The van der Waals surface area contributed by atoms with Crippen LogP contribution >= 0.6 is 15.9 Å². The number of halogens is 1. The molecule has 0 unspecified atom stereocenters. The molecule has 0 radical (unpaired) electrons. The molecule has 2 amide bonds. The molecule has 0 aromatic carbocycles. The minimum atomic E-state index is -0.183. The number of hydrogen-bond donors (Lipinski definition) is 1. The molecule has 1 atom stereocenters. The van der Waals surface area contributed by atoms with Gasteiger partial charge in [-0.05, 0) is 59.6 Å². The van der Waals surface area contributed by atoms with Crippen LogP contribution in [-0.2, 0) is 0 Å². The standard InChI is InChI=1S/C21H19BrN6O/c1-13-9-14(4-7-24-13)19-17(22)10-18-20(26-19)28(16-5-8-27(18)12-16)21(29)25-15-3-2-6-23-11-15/h2-4,6-7,9-11,16H,5,8,12H2,1H3,(H,25,29)/t16-/m0/s1. The first-order valence-electron chi connectivity index (χ1n) is 9.49. The van der Waals surface area contributed by atoms with Crippen molar-refractivity contribution in [3.8, 4) is 11.3 Å². The number of aryl methyl sites for hydroxylation is 1. The predicted octanol–water partition coefficient (Wildman–Crippen LogP) is 4.24. The van der Waals surface area contributed by atoms with Crippen LogP contribution in [-0.4, -0.2) is 40.1 Å². The lowest BCUT2D eigenvalue weighted by atomic mass is 10.1. The van der Waals surface area contributed by atoms with E-state index < -0.39 is 0 Å². The monoisotopic (exact) mass is 450 g/mol. The molecule has 1 saturated heterocycles. The average molecular weight is 451 g/mol. The van der Waals surface area contributed by atoms with E-state index in [0.29, 0.717) is 11.5 Å². The van der Waals surface area contributed by atoms with Crippen molar-refractivity contribution in [2.24, 2.45) is 0 Å². The quantitative estimate of drug-likeness (QED) is 0.631. The molecule has 29 heavy (non-hydrogen) atoms. The van der Waals surface area contributed by atoms with Gasteiger partial charge in [-0.2, -0.15) is 0 Å². The Labute approximate surface area is 176 Å². The first kappa shape index (κ1) is 18.1. The summed E-state index contributed by atoms with van der Waals surface area (Å²) < 4.78 is 0.903. The summed E-state index contributed by atoms with van der Waals surface area (Å²) >= 11 is 3.68. The van der Waals surface area contributed by atoms with Gasteiger partial charge in [-0.3, -0.25) is 14.9 Å². The number of nitrogens with zero attached hydrogens (tertiary/aromatic N) is 5. The second kappa shape index (κ2) is 7.11. The molecule has 7 nitrogen and oxygen atoms in total. The minimum absolute atomic E-state index is 0.0971. The predicted molar refractivity (Wildman–Crippen MR) is 116 cm³/mol. The fraction of sp³-hybridized carbons (Fsp3) is 0.238. The van der Waals surface area contributed by atoms with Gasteiger partial charge in [-0.25, -0.2) is 9.78 Å². The maximum Gasteiger partial charge on any atom is 0.327 e. The Hall–Kier alpha value is -3.00. The number of anilines is 3. The molecule has 8 heteroatoms. The summed E-state index contributed by atoms with van der Waals surface area (Å²) in [6.45, 7) is 3.68. The molecular formula is C21H19BrN6O. The molecule has 2 bridgehead atoms. The highest BCUT2D eigenvalue weighted by atomic mass is 79.9. The van der Waals surface area contributed by atoms with Crippen LogP contribution in [0, 0.1) is 6.92 Å². The number of aromatic nitrogens is 3. The van der Waals surface area contributed by atoms with Crippen LogP contribution in [0.15, 0.2) is 53.4 Å². The Morgan fingerprint density at radius 3 is 2.97 bits per heavy atom. The third-order valence-electron chi connectivity index (χ3n) is 5.34. The maximum absolute atomic E-state index is 13.2. The number of carbonyl (C=O) groups excluding carboxylic acids is 1. The highest BCUT2D eigenvalue weighted by molar-refractivity contribution is 9.10. The largest absolute Gasteiger partial charge is 0.366 e. The number of urea groups is 1. The molecule has 146 valence electrons. The molecule has 2 aliphatic rings. The molecule has 3 aromatic heterocycles. The van der Waals surface area contributed by atoms with Crippen molar-refractivity contribution in [2.75, 3.05) is 28.2 Å². The van der Waals surface area contributed by atoms with Gasteiger partial charge in [0.2, 0.25) is 0 Å². The SMILES string of the molecule is Cc1cc(-c2nc3c(cc2Br)N2CC[C@@H](C2)N3C(=O)Nc2cccnc2)ccn1. The Kier molecular flexibility index (Phi) is 4.43. The van der Waals surface area contributed by atoms with Gasteiger partial charge < -0.3 is 10.2 Å². The summed E-state index contributed by atoms with van der Waals surface area (Å²) in [5.74, 6) is 0.688. The number of pyridine rings is 3. The van der Waals surface area contributed by atoms with E-state index in [0.717, 1.165) is 46.6 Å². The van der Waals surface area contributed by atoms with E-state index in [1.807, 2.05) is 25.1 Å². The van der Waals surface area contributed by atoms with Crippen LogP contribution in [0.4, 0.5) is 22.0 Å². The van der Waals surface area contributed by atoms with Gasteiger partial charge >= 0.3 is 6.03 Å². The molecule has 1 N–H and O–H groups in total. The molecule has 1 fully saturated rings. The van der Waals surface area contributed by atoms with Crippen molar-refractivity contribution in [1.82, 2.24) is 15.0 Å². The van der Waals surface area contributed by atoms with Crippen molar-refractivity contribution in [2.45, 2.75) is 19.4 Å². The number of rotatable bonds is 2. The first-order valence-corrected chi connectivity index (χ1v) is 10.3. The van der Waals surface area contributed by atoms with Crippen LogP contribution in [0.25, 0.3) is 11.3 Å². The highest BCUT2D eigenvalue weighted by Gasteiger charge is 2.40. The molecule has 2 aliphatic heterocycles. The van der Waals surface area contributed by atoms with Crippen molar-refractivity contribution in [3.63, 3.8) is 0 Å². The van der Waals surface area contributed by atoms with Crippen LogP contribution in [0.1, 0.15) is 12.1 Å². The van der Waals surface area contributed by atoms with Gasteiger partial charge in [0.25, 0.3) is 0 Å². The second-order valence-electron chi connectivity index (χ2n) is 7.28. The Morgan fingerprint density at radius 1 is 1.28 bits per heavy atom. The summed E-state index contributed by atoms with van der Waals surface area (Å²) in [7, 11) is 0. The fourth-order valence-corrected chi connectivity index (χ4v) is 4.54. The number of amides is 2. The van der Waals surface area contributed by atoms with Gasteiger partial charge in [-0.1, -0.05) is 0 Å². The van der Waals surface area contributed by atoms with Crippen molar-refractivity contribution < 1.29 is 4.79 Å². The first-order chi connectivity index (χ1) is 14.1.